The average molecular weight is 400 g/mol. The minimum absolute atomic E-state index is 0.843. The van der Waals surface area contributed by atoms with Crippen LogP contribution in [0.3, 0.4) is 0 Å². The molecule has 0 aliphatic heterocycles. The summed E-state index contributed by atoms with van der Waals surface area (Å²) in [6.07, 6.45) is 7.20. The van der Waals surface area contributed by atoms with E-state index in [2.05, 4.69) is 85.8 Å². The molecule has 2 heterocycles. The zero-order valence-electron chi connectivity index (χ0n) is 18.2. The minimum Gasteiger partial charge on any atom is -0.302 e. The number of aryl methyl sites for hydroxylation is 3. The largest absolute Gasteiger partial charge is 0.302 e. The Labute approximate surface area is 178 Å². The van der Waals surface area contributed by atoms with E-state index in [-0.39, 0.29) is 0 Å². The van der Waals surface area contributed by atoms with Crippen molar-refractivity contribution in [2.24, 2.45) is 7.05 Å². The maximum absolute atomic E-state index is 5.00. The molecule has 30 heavy (non-hydrogen) atoms. The van der Waals surface area contributed by atoms with Crippen molar-refractivity contribution in [3.05, 3.63) is 89.4 Å². The molecule has 0 spiro atoms. The van der Waals surface area contributed by atoms with E-state index in [1.54, 1.807) is 0 Å². The van der Waals surface area contributed by atoms with E-state index in [4.69, 9.17) is 5.10 Å². The van der Waals surface area contributed by atoms with Crippen LogP contribution in [0.25, 0.3) is 16.9 Å². The number of hydrogen-bond acceptors (Lipinski definition) is 3. The first kappa shape index (κ1) is 20.1. The fraction of sp³-hybridized carbons (Fsp3) is 0.280. The Morgan fingerprint density at radius 1 is 1.00 bits per heavy atom. The lowest BCUT2D eigenvalue weighted by Crippen LogP contribution is -2.20. The van der Waals surface area contributed by atoms with E-state index in [0.717, 1.165) is 36.5 Å². The normalized spacial score (nSPS) is 11.4. The van der Waals surface area contributed by atoms with Gasteiger partial charge in [0.1, 0.15) is 0 Å². The highest BCUT2D eigenvalue weighted by atomic mass is 15.3. The first-order chi connectivity index (χ1) is 14.5. The van der Waals surface area contributed by atoms with Crippen molar-refractivity contribution in [2.45, 2.75) is 26.8 Å². The zero-order valence-corrected chi connectivity index (χ0v) is 18.2. The van der Waals surface area contributed by atoms with Crippen molar-refractivity contribution in [1.82, 2.24) is 24.5 Å². The van der Waals surface area contributed by atoms with Gasteiger partial charge in [-0.05, 0) is 50.1 Å². The molecular weight excluding hydrogens is 370 g/mol. The molecule has 0 bridgehead atoms. The van der Waals surface area contributed by atoms with E-state index in [0.29, 0.717) is 0 Å². The van der Waals surface area contributed by atoms with Crippen LogP contribution in [0, 0.1) is 13.8 Å². The maximum atomic E-state index is 5.00. The standard InChI is InChI=1S/C25H29N5/c1-19-10-11-20(2)24(14-19)30-18-23(25(27-30)22-8-6-5-7-9-22)17-28(3)13-12-21-15-26-29(4)16-21/h5-11,14-16,18H,12-13,17H2,1-4H3. The predicted molar refractivity (Wildman–Crippen MR) is 122 cm³/mol. The summed E-state index contributed by atoms with van der Waals surface area (Å²) in [6, 6.07) is 17.0. The maximum Gasteiger partial charge on any atom is 0.0972 e. The quantitative estimate of drug-likeness (QED) is 0.457. The lowest BCUT2D eigenvalue weighted by molar-refractivity contribution is 0.331. The summed E-state index contributed by atoms with van der Waals surface area (Å²) in [5.74, 6) is 0. The number of hydrogen-bond donors (Lipinski definition) is 0. The highest BCUT2D eigenvalue weighted by Crippen LogP contribution is 2.26. The van der Waals surface area contributed by atoms with Crippen LogP contribution in [0.4, 0.5) is 0 Å². The van der Waals surface area contributed by atoms with Crippen LogP contribution in [-0.4, -0.2) is 38.1 Å². The van der Waals surface area contributed by atoms with Gasteiger partial charge in [0, 0.05) is 43.7 Å². The van der Waals surface area contributed by atoms with Gasteiger partial charge in [0.2, 0.25) is 0 Å². The molecule has 154 valence electrons. The first-order valence-electron chi connectivity index (χ1n) is 10.4. The number of benzene rings is 2. The first-order valence-corrected chi connectivity index (χ1v) is 10.4. The third-order valence-electron chi connectivity index (χ3n) is 5.43. The number of rotatable bonds is 7. The van der Waals surface area contributed by atoms with Gasteiger partial charge in [-0.1, -0.05) is 42.5 Å². The zero-order chi connectivity index (χ0) is 21.1. The van der Waals surface area contributed by atoms with Crippen LogP contribution >= 0.6 is 0 Å². The predicted octanol–water partition coefficient (Wildman–Crippen LogP) is 4.56. The molecule has 4 aromatic rings. The van der Waals surface area contributed by atoms with Gasteiger partial charge in [-0.2, -0.15) is 10.2 Å². The van der Waals surface area contributed by atoms with E-state index < -0.39 is 0 Å². The van der Waals surface area contributed by atoms with E-state index in [1.165, 1.54) is 22.3 Å². The van der Waals surface area contributed by atoms with Crippen LogP contribution in [-0.2, 0) is 20.0 Å². The third-order valence-corrected chi connectivity index (χ3v) is 5.43. The van der Waals surface area contributed by atoms with Gasteiger partial charge in [0.05, 0.1) is 17.6 Å². The molecule has 0 atom stereocenters. The number of likely N-dealkylation sites (N-methyl/N-ethyl adjacent to an activating group) is 1. The summed E-state index contributed by atoms with van der Waals surface area (Å²) in [5.41, 5.74) is 8.29. The second kappa shape index (κ2) is 8.67. The topological polar surface area (TPSA) is 38.9 Å². The van der Waals surface area contributed by atoms with Crippen molar-refractivity contribution in [1.29, 1.82) is 0 Å². The van der Waals surface area contributed by atoms with Crippen molar-refractivity contribution >= 4 is 0 Å². The minimum atomic E-state index is 0.843. The third kappa shape index (κ3) is 4.52. The SMILES string of the molecule is Cc1ccc(C)c(-n2cc(CN(C)CCc3cnn(C)c3)c(-c3ccccc3)n2)c1. The lowest BCUT2D eigenvalue weighted by Gasteiger charge is -2.16. The van der Waals surface area contributed by atoms with E-state index in [9.17, 15) is 0 Å². The molecule has 0 aliphatic rings. The molecule has 0 saturated carbocycles. The summed E-state index contributed by atoms with van der Waals surface area (Å²) >= 11 is 0. The summed E-state index contributed by atoms with van der Waals surface area (Å²) in [6.45, 7) is 6.07. The van der Waals surface area contributed by atoms with Crippen molar-refractivity contribution in [2.75, 3.05) is 13.6 Å². The van der Waals surface area contributed by atoms with Gasteiger partial charge in [-0.3, -0.25) is 4.68 Å². The van der Waals surface area contributed by atoms with Gasteiger partial charge in [0.25, 0.3) is 0 Å². The molecule has 0 N–H and O–H groups in total. The molecule has 0 aliphatic carbocycles. The molecule has 5 heteroatoms. The summed E-state index contributed by atoms with van der Waals surface area (Å²) in [7, 11) is 4.13. The Morgan fingerprint density at radius 2 is 1.80 bits per heavy atom. The second-order valence-electron chi connectivity index (χ2n) is 8.11. The number of nitrogens with zero attached hydrogens (tertiary/aromatic N) is 5. The van der Waals surface area contributed by atoms with Crippen LogP contribution in [0.15, 0.2) is 67.1 Å². The van der Waals surface area contributed by atoms with E-state index in [1.807, 2.05) is 28.7 Å². The summed E-state index contributed by atoms with van der Waals surface area (Å²) in [5, 5.41) is 9.27. The summed E-state index contributed by atoms with van der Waals surface area (Å²) < 4.78 is 3.89. The van der Waals surface area contributed by atoms with Gasteiger partial charge >= 0.3 is 0 Å². The van der Waals surface area contributed by atoms with Gasteiger partial charge in [-0.25, -0.2) is 4.68 Å². The van der Waals surface area contributed by atoms with E-state index >= 15 is 0 Å². The van der Waals surface area contributed by atoms with Crippen LogP contribution in [0.2, 0.25) is 0 Å². The molecule has 0 fully saturated rings. The molecule has 5 nitrogen and oxygen atoms in total. The van der Waals surface area contributed by atoms with Crippen LogP contribution in [0.5, 0.6) is 0 Å². The average Bonchev–Trinajstić information content (AvgIpc) is 3.35. The van der Waals surface area contributed by atoms with Gasteiger partial charge in [0.15, 0.2) is 0 Å². The van der Waals surface area contributed by atoms with Crippen LogP contribution < -0.4 is 0 Å². The number of aromatic nitrogens is 4. The summed E-state index contributed by atoms with van der Waals surface area (Å²) in [4.78, 5) is 2.35. The van der Waals surface area contributed by atoms with Crippen LogP contribution in [0.1, 0.15) is 22.3 Å². The van der Waals surface area contributed by atoms with Crippen molar-refractivity contribution in [3.8, 4) is 16.9 Å². The second-order valence-corrected chi connectivity index (χ2v) is 8.11. The highest BCUT2D eigenvalue weighted by Gasteiger charge is 2.15. The highest BCUT2D eigenvalue weighted by molar-refractivity contribution is 5.63. The molecule has 0 saturated heterocycles. The van der Waals surface area contributed by atoms with Gasteiger partial charge in [-0.15, -0.1) is 0 Å². The van der Waals surface area contributed by atoms with Gasteiger partial charge < -0.3 is 4.90 Å². The van der Waals surface area contributed by atoms with Crippen molar-refractivity contribution in [3.63, 3.8) is 0 Å². The van der Waals surface area contributed by atoms with Crippen molar-refractivity contribution < 1.29 is 0 Å². The monoisotopic (exact) mass is 399 g/mol. The molecular formula is C25H29N5. The lowest BCUT2D eigenvalue weighted by atomic mass is 10.1. The Kier molecular flexibility index (Phi) is 5.81. The fourth-order valence-electron chi connectivity index (χ4n) is 3.74. The Hall–Kier alpha value is -3.18. The molecule has 4 rings (SSSR count). The Balaban J connectivity index is 1.62. The Morgan fingerprint density at radius 3 is 2.53 bits per heavy atom. The molecule has 0 amide bonds. The molecule has 0 radical (unpaired) electrons. The smallest absolute Gasteiger partial charge is 0.0972 e. The fourth-order valence-corrected chi connectivity index (χ4v) is 3.74. The molecule has 0 unspecified atom stereocenters. The molecule has 2 aromatic heterocycles. The molecule has 2 aromatic carbocycles. The Bertz CT molecular complexity index is 1120.